The molecule has 0 aromatic carbocycles. The van der Waals surface area contributed by atoms with Crippen LogP contribution in [-0.4, -0.2) is 37.0 Å². The van der Waals surface area contributed by atoms with E-state index in [1.165, 1.54) is 0 Å². The first-order valence-corrected chi connectivity index (χ1v) is 10.6. The number of rotatable bonds is 15. The molecule has 0 bridgehead atoms. The van der Waals surface area contributed by atoms with Crippen LogP contribution in [0.2, 0.25) is 0 Å². The fourth-order valence-electron chi connectivity index (χ4n) is 2.55. The molecular weight excluding hydrogens is 360 g/mol. The van der Waals surface area contributed by atoms with Crippen LogP contribution in [0.25, 0.3) is 0 Å². The van der Waals surface area contributed by atoms with Gasteiger partial charge in [-0.05, 0) is 25.7 Å². The van der Waals surface area contributed by atoms with Crippen molar-refractivity contribution in [3.8, 4) is 0 Å². The van der Waals surface area contributed by atoms with Crippen LogP contribution in [0.5, 0.6) is 0 Å². The van der Waals surface area contributed by atoms with Gasteiger partial charge in [-0.15, -0.1) is 0 Å². The van der Waals surface area contributed by atoms with Gasteiger partial charge in [-0.1, -0.05) is 52.4 Å². The first kappa shape index (κ1) is 25.9. The van der Waals surface area contributed by atoms with E-state index in [4.69, 9.17) is 0 Å². The number of hydrogen-bond acceptors (Lipinski definition) is 4. The zero-order chi connectivity index (χ0) is 21.0. The third-order valence-electron chi connectivity index (χ3n) is 4.20. The molecule has 8 nitrogen and oxygen atoms in total. The van der Waals surface area contributed by atoms with E-state index in [2.05, 4.69) is 35.1 Å². The average molecular weight is 399 g/mol. The summed E-state index contributed by atoms with van der Waals surface area (Å²) >= 11 is 0. The van der Waals surface area contributed by atoms with Crippen LogP contribution in [0.3, 0.4) is 0 Å². The molecule has 0 aromatic heterocycles. The molecule has 4 N–H and O–H groups in total. The van der Waals surface area contributed by atoms with Crippen LogP contribution in [0.1, 0.15) is 90.9 Å². The van der Waals surface area contributed by atoms with Crippen LogP contribution in [0, 0.1) is 0 Å². The Morgan fingerprint density at radius 1 is 0.536 bits per heavy atom. The quantitative estimate of drug-likeness (QED) is 0.316. The highest BCUT2D eigenvalue weighted by atomic mass is 16.2. The molecule has 0 unspecified atom stereocenters. The lowest BCUT2D eigenvalue weighted by Crippen LogP contribution is -2.40. The number of carbonyl (C=O) groups excluding carboxylic acids is 4. The summed E-state index contributed by atoms with van der Waals surface area (Å²) < 4.78 is 0. The van der Waals surface area contributed by atoms with Crippen LogP contribution in [-0.2, 0) is 9.59 Å². The number of carbonyl (C=O) groups is 4. The minimum absolute atomic E-state index is 0.237. The third kappa shape index (κ3) is 17.3. The van der Waals surface area contributed by atoms with Gasteiger partial charge in [-0.3, -0.25) is 20.2 Å². The third-order valence-corrected chi connectivity index (χ3v) is 4.20. The molecule has 8 heteroatoms. The van der Waals surface area contributed by atoms with Gasteiger partial charge in [0.1, 0.15) is 0 Å². The van der Waals surface area contributed by atoms with Crippen molar-refractivity contribution in [2.75, 3.05) is 13.1 Å². The summed E-state index contributed by atoms with van der Waals surface area (Å²) in [4.78, 5) is 46.1. The summed E-state index contributed by atoms with van der Waals surface area (Å²) in [6.45, 7) is 5.14. The Bertz CT molecular complexity index is 427. The second kappa shape index (κ2) is 18.3. The van der Waals surface area contributed by atoms with Crippen LogP contribution >= 0.6 is 0 Å². The second-order valence-electron chi connectivity index (χ2n) is 6.94. The van der Waals surface area contributed by atoms with Crippen LogP contribution in [0.15, 0.2) is 0 Å². The molecule has 0 aliphatic carbocycles. The highest BCUT2D eigenvalue weighted by molar-refractivity contribution is 5.94. The van der Waals surface area contributed by atoms with Crippen molar-refractivity contribution < 1.29 is 19.2 Å². The van der Waals surface area contributed by atoms with Gasteiger partial charge in [0.15, 0.2) is 0 Å². The normalized spacial score (nSPS) is 10.2. The van der Waals surface area contributed by atoms with Crippen LogP contribution < -0.4 is 21.3 Å². The minimum Gasteiger partial charge on any atom is -0.338 e. The Morgan fingerprint density at radius 3 is 1.29 bits per heavy atom. The summed E-state index contributed by atoms with van der Waals surface area (Å²) in [7, 11) is 0. The SMILES string of the molecule is CCCCCC(=O)NC(=O)NCCCCCCNC(=O)NC(=O)CCCCC. The molecule has 0 rings (SSSR count). The molecule has 0 heterocycles. The average Bonchev–Trinajstić information content (AvgIpc) is 2.64. The lowest BCUT2D eigenvalue weighted by Gasteiger charge is -2.08. The first-order chi connectivity index (χ1) is 13.5. The van der Waals surface area contributed by atoms with E-state index in [0.29, 0.717) is 25.9 Å². The van der Waals surface area contributed by atoms with Crippen molar-refractivity contribution in [3.63, 3.8) is 0 Å². The molecule has 0 aliphatic rings. The van der Waals surface area contributed by atoms with Gasteiger partial charge in [0.25, 0.3) is 0 Å². The monoisotopic (exact) mass is 398 g/mol. The summed E-state index contributed by atoms with van der Waals surface area (Å²) in [6.07, 6.45) is 9.84. The summed E-state index contributed by atoms with van der Waals surface area (Å²) in [5, 5.41) is 9.98. The van der Waals surface area contributed by atoms with Crippen molar-refractivity contribution >= 4 is 23.9 Å². The maximum Gasteiger partial charge on any atom is 0.321 e. The molecule has 162 valence electrons. The van der Waals surface area contributed by atoms with Gasteiger partial charge in [0, 0.05) is 25.9 Å². The van der Waals surface area contributed by atoms with Crippen molar-refractivity contribution in [3.05, 3.63) is 0 Å². The van der Waals surface area contributed by atoms with Gasteiger partial charge < -0.3 is 10.6 Å². The summed E-state index contributed by atoms with van der Waals surface area (Å²) in [5.74, 6) is -0.474. The highest BCUT2D eigenvalue weighted by Gasteiger charge is 2.07. The second-order valence-corrected chi connectivity index (χ2v) is 6.94. The van der Waals surface area contributed by atoms with E-state index >= 15 is 0 Å². The Balaban J connectivity index is 3.49. The first-order valence-electron chi connectivity index (χ1n) is 10.6. The molecule has 6 amide bonds. The molecule has 28 heavy (non-hydrogen) atoms. The molecule has 0 saturated carbocycles. The van der Waals surface area contributed by atoms with Gasteiger partial charge in [0.2, 0.25) is 11.8 Å². The van der Waals surface area contributed by atoms with E-state index in [9.17, 15) is 19.2 Å². The predicted molar refractivity (Wildman–Crippen MR) is 110 cm³/mol. The molecule has 0 spiro atoms. The highest BCUT2D eigenvalue weighted by Crippen LogP contribution is 2.00. The van der Waals surface area contributed by atoms with E-state index in [1.54, 1.807) is 0 Å². The van der Waals surface area contributed by atoms with Gasteiger partial charge in [-0.2, -0.15) is 0 Å². The fourth-order valence-corrected chi connectivity index (χ4v) is 2.55. The molecule has 0 atom stereocenters. The van der Waals surface area contributed by atoms with E-state index < -0.39 is 12.1 Å². The maximum atomic E-state index is 11.5. The lowest BCUT2D eigenvalue weighted by atomic mass is 10.2. The van der Waals surface area contributed by atoms with Crippen molar-refractivity contribution in [1.29, 1.82) is 0 Å². The number of urea groups is 2. The Morgan fingerprint density at radius 2 is 0.929 bits per heavy atom. The summed E-state index contributed by atoms with van der Waals surface area (Å²) in [5.41, 5.74) is 0. The van der Waals surface area contributed by atoms with Crippen molar-refractivity contribution in [1.82, 2.24) is 21.3 Å². The number of amides is 6. The molecule has 0 aliphatic heterocycles. The Labute approximate surface area is 169 Å². The van der Waals surface area contributed by atoms with Crippen molar-refractivity contribution in [2.45, 2.75) is 90.9 Å². The zero-order valence-electron chi connectivity index (χ0n) is 17.5. The largest absolute Gasteiger partial charge is 0.338 e. The fraction of sp³-hybridized carbons (Fsp3) is 0.800. The topological polar surface area (TPSA) is 116 Å². The predicted octanol–water partition coefficient (Wildman–Crippen LogP) is 3.36. The number of imide groups is 2. The maximum absolute atomic E-state index is 11.5. The van der Waals surface area contributed by atoms with Gasteiger partial charge in [-0.25, -0.2) is 9.59 Å². The standard InChI is InChI=1S/C20H38N4O4/c1-3-5-9-13-17(25)23-19(27)21-15-11-7-8-12-16-22-20(28)24-18(26)14-10-6-4-2/h3-16H2,1-2H3,(H2,21,23,25,27)(H2,22,24,26,28). The molecule has 0 saturated heterocycles. The molecular formula is C20H38N4O4. The van der Waals surface area contributed by atoms with E-state index in [-0.39, 0.29) is 11.8 Å². The van der Waals surface area contributed by atoms with Gasteiger partial charge in [0.05, 0.1) is 0 Å². The zero-order valence-corrected chi connectivity index (χ0v) is 17.5. The van der Waals surface area contributed by atoms with Gasteiger partial charge >= 0.3 is 12.1 Å². The van der Waals surface area contributed by atoms with Crippen LogP contribution in [0.4, 0.5) is 9.59 Å². The number of nitrogens with one attached hydrogen (secondary N) is 4. The van der Waals surface area contributed by atoms with E-state index in [1.807, 2.05) is 0 Å². The smallest absolute Gasteiger partial charge is 0.321 e. The number of hydrogen-bond donors (Lipinski definition) is 4. The molecule has 0 aromatic rings. The Hall–Kier alpha value is -2.12. The molecule has 0 fully saturated rings. The van der Waals surface area contributed by atoms with Crippen molar-refractivity contribution in [2.24, 2.45) is 0 Å². The van der Waals surface area contributed by atoms with E-state index in [0.717, 1.165) is 64.2 Å². The minimum atomic E-state index is -0.441. The number of unbranched alkanes of at least 4 members (excludes halogenated alkanes) is 7. The Kier molecular flexibility index (Phi) is 16.9. The lowest BCUT2D eigenvalue weighted by molar-refractivity contribution is -0.121. The summed E-state index contributed by atoms with van der Waals surface area (Å²) in [6, 6.07) is -0.883. The molecule has 0 radical (unpaired) electrons.